The highest BCUT2D eigenvalue weighted by Gasteiger charge is 2.21. The third-order valence-corrected chi connectivity index (χ3v) is 6.87. The van der Waals surface area contributed by atoms with Crippen molar-refractivity contribution in [3.05, 3.63) is 29.8 Å². The molecule has 4 rings (SSSR count). The minimum absolute atomic E-state index is 0.167. The van der Waals surface area contributed by atoms with Gasteiger partial charge in [0, 0.05) is 45.0 Å². The average Bonchev–Trinajstić information content (AvgIpc) is 3.31. The largest absolute Gasteiger partial charge is 0.468 e. The number of imidazole rings is 1. The Morgan fingerprint density at radius 3 is 2.51 bits per heavy atom. The Balaban J connectivity index is 1.34. The molecule has 0 atom stereocenters. The van der Waals surface area contributed by atoms with E-state index in [0.717, 1.165) is 69.7 Å². The van der Waals surface area contributed by atoms with Crippen LogP contribution < -0.4 is 20.1 Å². The fourth-order valence-corrected chi connectivity index (χ4v) is 4.59. The van der Waals surface area contributed by atoms with E-state index in [1.807, 2.05) is 16.7 Å². The molecule has 0 saturated carbocycles. The first kappa shape index (κ1) is 28.4. The maximum absolute atomic E-state index is 12.1. The van der Waals surface area contributed by atoms with Crippen LogP contribution in [0.3, 0.4) is 0 Å². The molecule has 1 saturated heterocycles. The molecule has 2 N–H and O–H groups in total. The second-order valence-electron chi connectivity index (χ2n) is 9.77. The summed E-state index contributed by atoms with van der Waals surface area (Å²) >= 11 is 0. The summed E-state index contributed by atoms with van der Waals surface area (Å²) in [6.45, 7) is 10.3. The molecule has 2 aromatic heterocycles. The van der Waals surface area contributed by atoms with Crippen molar-refractivity contribution in [3.8, 4) is 12.0 Å². The third-order valence-electron chi connectivity index (χ3n) is 6.87. The predicted molar refractivity (Wildman–Crippen MR) is 151 cm³/mol. The topological polar surface area (TPSA) is 121 Å². The molecule has 0 spiro atoms. The highest BCUT2D eigenvalue weighted by atomic mass is 16.5. The average molecular weight is 540 g/mol. The number of esters is 1. The number of carbonyl (C=O) groups is 1. The van der Waals surface area contributed by atoms with E-state index < -0.39 is 0 Å². The molecule has 212 valence electrons. The highest BCUT2D eigenvalue weighted by Crippen LogP contribution is 2.26. The molecule has 0 amide bonds. The Bertz CT molecular complexity index is 1220. The summed E-state index contributed by atoms with van der Waals surface area (Å²) in [6, 6.07) is 8.93. The molecular formula is C28H41N7O4. The third kappa shape index (κ3) is 7.50. The number of nitrogens with zero attached hydrogens (tertiary/aromatic N) is 6. The van der Waals surface area contributed by atoms with Gasteiger partial charge >= 0.3 is 12.0 Å². The zero-order valence-corrected chi connectivity index (χ0v) is 23.4. The van der Waals surface area contributed by atoms with Gasteiger partial charge in [-0.2, -0.15) is 15.0 Å². The lowest BCUT2D eigenvalue weighted by Crippen LogP contribution is -2.47. The fraction of sp³-hybridized carbons (Fsp3) is 0.571. The number of methoxy groups -OCH3 is 1. The summed E-state index contributed by atoms with van der Waals surface area (Å²) < 4.78 is 18.5. The lowest BCUT2D eigenvalue weighted by Gasteiger charge is -2.36. The molecule has 1 fully saturated rings. The molecule has 39 heavy (non-hydrogen) atoms. The van der Waals surface area contributed by atoms with Crippen LogP contribution in [0.25, 0.3) is 11.2 Å². The van der Waals surface area contributed by atoms with E-state index >= 15 is 0 Å². The zero-order valence-electron chi connectivity index (χ0n) is 23.4. The van der Waals surface area contributed by atoms with Crippen molar-refractivity contribution >= 4 is 28.6 Å². The lowest BCUT2D eigenvalue weighted by molar-refractivity contribution is -0.142. The van der Waals surface area contributed by atoms with Crippen molar-refractivity contribution in [2.24, 2.45) is 0 Å². The summed E-state index contributed by atoms with van der Waals surface area (Å²) in [5.41, 5.74) is 9.43. The van der Waals surface area contributed by atoms with Gasteiger partial charge in [-0.25, -0.2) is 0 Å². The number of fused-ring (bicyclic) bond motifs is 1. The number of piperazine rings is 1. The number of carbonyl (C=O) groups excluding carboxylic acids is 1. The van der Waals surface area contributed by atoms with Crippen LogP contribution in [0.5, 0.6) is 12.0 Å². The number of benzene rings is 1. The molecule has 0 bridgehead atoms. The van der Waals surface area contributed by atoms with Crippen LogP contribution >= 0.6 is 0 Å². The van der Waals surface area contributed by atoms with Crippen molar-refractivity contribution in [3.63, 3.8) is 0 Å². The van der Waals surface area contributed by atoms with Crippen molar-refractivity contribution in [2.75, 3.05) is 63.7 Å². The standard InChI is InChI=1S/C28H41N7O4/c1-4-6-17-38-23(36)20-21-9-8-10-22(19-21)34-14-11-33(12-15-34)13-16-35-26-24(30-28(35)37-3)25(29)31-27(32-26)39-18-7-5-2/h8-10,19H,4-7,11-18,20H2,1-3H3,(H2,29,31,32). The highest BCUT2D eigenvalue weighted by molar-refractivity contribution is 5.83. The van der Waals surface area contributed by atoms with Gasteiger partial charge in [0.2, 0.25) is 0 Å². The van der Waals surface area contributed by atoms with Gasteiger partial charge in [0.05, 0.1) is 26.7 Å². The van der Waals surface area contributed by atoms with Gasteiger partial charge in [-0.1, -0.05) is 38.8 Å². The molecule has 0 radical (unpaired) electrons. The second-order valence-corrected chi connectivity index (χ2v) is 9.77. The Morgan fingerprint density at radius 2 is 1.77 bits per heavy atom. The maximum Gasteiger partial charge on any atom is 0.320 e. The molecule has 3 heterocycles. The minimum atomic E-state index is -0.167. The van der Waals surface area contributed by atoms with E-state index in [0.29, 0.717) is 43.4 Å². The van der Waals surface area contributed by atoms with E-state index in [1.165, 1.54) is 0 Å². The minimum Gasteiger partial charge on any atom is -0.468 e. The molecule has 0 unspecified atom stereocenters. The van der Waals surface area contributed by atoms with Gasteiger partial charge in [-0.15, -0.1) is 0 Å². The SMILES string of the molecule is CCCCOC(=O)Cc1cccc(N2CCN(CCn3c(OC)nc4c(N)nc(OCCCC)nc43)CC2)c1. The second kappa shape index (κ2) is 14.0. The van der Waals surface area contributed by atoms with Crippen molar-refractivity contribution in [1.29, 1.82) is 0 Å². The van der Waals surface area contributed by atoms with E-state index in [-0.39, 0.29) is 17.8 Å². The smallest absolute Gasteiger partial charge is 0.320 e. The van der Waals surface area contributed by atoms with Crippen molar-refractivity contribution in [1.82, 2.24) is 24.4 Å². The van der Waals surface area contributed by atoms with Crippen molar-refractivity contribution in [2.45, 2.75) is 52.5 Å². The van der Waals surface area contributed by atoms with E-state index in [2.05, 4.69) is 50.7 Å². The van der Waals surface area contributed by atoms with Crippen LogP contribution in [0, 0.1) is 0 Å². The van der Waals surface area contributed by atoms with Gasteiger partial charge in [0.25, 0.3) is 6.01 Å². The number of unbranched alkanes of at least 4 members (excludes halogenated alkanes) is 2. The van der Waals surface area contributed by atoms with E-state index in [4.69, 9.17) is 19.9 Å². The fourth-order valence-electron chi connectivity index (χ4n) is 4.59. The van der Waals surface area contributed by atoms with Crippen LogP contribution in [0.4, 0.5) is 11.5 Å². The zero-order chi connectivity index (χ0) is 27.6. The normalized spacial score (nSPS) is 14.1. The molecule has 11 heteroatoms. The number of aromatic nitrogens is 4. The van der Waals surface area contributed by atoms with Crippen LogP contribution in [0.2, 0.25) is 0 Å². The first-order valence-corrected chi connectivity index (χ1v) is 13.9. The van der Waals surface area contributed by atoms with Gasteiger partial charge in [-0.3, -0.25) is 14.3 Å². The summed E-state index contributed by atoms with van der Waals surface area (Å²) in [4.78, 5) is 30.3. The van der Waals surface area contributed by atoms with Crippen LogP contribution in [0.1, 0.15) is 45.1 Å². The quantitative estimate of drug-likeness (QED) is 0.241. The number of hydrogen-bond acceptors (Lipinski definition) is 10. The number of nitrogen functional groups attached to an aromatic ring is 1. The number of ether oxygens (including phenoxy) is 3. The first-order chi connectivity index (χ1) is 19.0. The Hall–Kier alpha value is -3.60. The first-order valence-electron chi connectivity index (χ1n) is 13.9. The van der Waals surface area contributed by atoms with Gasteiger partial charge in [0.15, 0.2) is 17.0 Å². The van der Waals surface area contributed by atoms with Gasteiger partial charge in [-0.05, 0) is 30.5 Å². The summed E-state index contributed by atoms with van der Waals surface area (Å²) in [5, 5.41) is 0. The number of rotatable bonds is 14. The summed E-state index contributed by atoms with van der Waals surface area (Å²) in [7, 11) is 1.60. The Morgan fingerprint density at radius 1 is 1.00 bits per heavy atom. The lowest BCUT2D eigenvalue weighted by atomic mass is 10.1. The monoisotopic (exact) mass is 539 g/mol. The molecular weight excluding hydrogens is 498 g/mol. The predicted octanol–water partition coefficient (Wildman–Crippen LogP) is 3.30. The summed E-state index contributed by atoms with van der Waals surface area (Å²) in [5.74, 6) is 0.119. The van der Waals surface area contributed by atoms with Gasteiger partial charge < -0.3 is 24.8 Å². The van der Waals surface area contributed by atoms with Crippen LogP contribution in [0.15, 0.2) is 24.3 Å². The summed E-state index contributed by atoms with van der Waals surface area (Å²) in [6.07, 6.45) is 4.16. The number of hydrogen-bond donors (Lipinski definition) is 1. The number of nitrogens with two attached hydrogens (primary N) is 1. The molecule has 11 nitrogen and oxygen atoms in total. The number of anilines is 2. The van der Waals surface area contributed by atoms with Crippen LogP contribution in [-0.4, -0.2) is 83.4 Å². The van der Waals surface area contributed by atoms with Gasteiger partial charge in [0.1, 0.15) is 0 Å². The van der Waals surface area contributed by atoms with Crippen molar-refractivity contribution < 1.29 is 19.0 Å². The molecule has 1 aromatic carbocycles. The Kier molecular flexibility index (Phi) is 10.2. The van der Waals surface area contributed by atoms with Crippen LogP contribution in [-0.2, 0) is 22.5 Å². The molecule has 1 aliphatic rings. The van der Waals surface area contributed by atoms with E-state index in [1.54, 1.807) is 7.11 Å². The maximum atomic E-state index is 12.1. The molecule has 3 aromatic rings. The Labute approximate surface area is 230 Å². The molecule has 1 aliphatic heterocycles. The van der Waals surface area contributed by atoms with E-state index in [9.17, 15) is 4.79 Å². The molecule has 0 aliphatic carbocycles.